The largest absolute Gasteiger partial charge is 0.349 e. The van der Waals surface area contributed by atoms with E-state index < -0.39 is 0 Å². The molecule has 2 atom stereocenters. The maximum atomic E-state index is 14.7. The molecule has 2 aromatic heterocycles. The molecule has 4 aliphatic carbocycles. The van der Waals surface area contributed by atoms with E-state index in [2.05, 4.69) is 17.2 Å². The number of benzene rings is 1. The number of fused-ring (bicyclic) bond motifs is 3. The number of pyridine rings is 2. The SMILES string of the molecule is Fc1cc2c3c(cnc2c2[c-]ccnc12)C1CC2CC(C1)CC3C2.[Ir]. The molecule has 4 bridgehead atoms. The number of halogens is 1. The summed E-state index contributed by atoms with van der Waals surface area (Å²) in [6.07, 6.45) is 10.2. The van der Waals surface area contributed by atoms with Crippen molar-refractivity contribution < 1.29 is 24.5 Å². The second-order valence-corrected chi connectivity index (χ2v) is 8.00. The first-order chi connectivity index (χ1) is 11.8. The summed E-state index contributed by atoms with van der Waals surface area (Å²) in [5, 5.41) is 1.74. The Kier molecular flexibility index (Phi) is 3.52. The van der Waals surface area contributed by atoms with E-state index in [1.54, 1.807) is 18.3 Å². The molecule has 2 fully saturated rings. The van der Waals surface area contributed by atoms with E-state index in [0.29, 0.717) is 17.4 Å². The standard InChI is InChI=1S/C21H18FN2.Ir/c22-18-9-16-19-14-7-11-4-12(8-14)6-13(5-11)17(19)10-24-20(16)15-2-1-3-23-21(15)18;/h1,3,9-14H,4-8H2;/q-1;. The van der Waals surface area contributed by atoms with Crippen LogP contribution < -0.4 is 0 Å². The van der Waals surface area contributed by atoms with Gasteiger partial charge in [-0.05, 0) is 83.9 Å². The van der Waals surface area contributed by atoms with Crippen LogP contribution in [-0.4, -0.2) is 9.97 Å². The summed E-state index contributed by atoms with van der Waals surface area (Å²) in [4.78, 5) is 8.97. The maximum Gasteiger partial charge on any atom is 0.106 e. The summed E-state index contributed by atoms with van der Waals surface area (Å²) in [5.74, 6) is 2.68. The van der Waals surface area contributed by atoms with Gasteiger partial charge in [0.05, 0.1) is 0 Å². The summed E-state index contributed by atoms with van der Waals surface area (Å²) < 4.78 is 14.7. The number of rotatable bonds is 0. The van der Waals surface area contributed by atoms with E-state index in [4.69, 9.17) is 4.98 Å². The minimum Gasteiger partial charge on any atom is -0.349 e. The van der Waals surface area contributed by atoms with Gasteiger partial charge in [0.15, 0.2) is 0 Å². The molecule has 0 N–H and O–H groups in total. The Morgan fingerprint density at radius 3 is 2.52 bits per heavy atom. The molecule has 2 heterocycles. The van der Waals surface area contributed by atoms with Crippen molar-refractivity contribution in [3.8, 4) is 0 Å². The third-order valence-corrected chi connectivity index (χ3v) is 6.65. The van der Waals surface area contributed by atoms with Crippen LogP contribution in [0.4, 0.5) is 4.39 Å². The molecule has 25 heavy (non-hydrogen) atoms. The molecular weight excluding hydrogens is 491 g/mol. The Morgan fingerprint density at radius 2 is 1.72 bits per heavy atom. The van der Waals surface area contributed by atoms with Crippen molar-refractivity contribution in [1.82, 2.24) is 9.97 Å². The molecule has 129 valence electrons. The fourth-order valence-corrected chi connectivity index (χ4v) is 5.94. The molecule has 7 rings (SSSR count). The van der Waals surface area contributed by atoms with Gasteiger partial charge in [-0.2, -0.15) is 0 Å². The zero-order valence-electron chi connectivity index (χ0n) is 13.8. The zero-order chi connectivity index (χ0) is 15.8. The molecule has 0 spiro atoms. The van der Waals surface area contributed by atoms with Crippen LogP contribution in [-0.2, 0) is 20.1 Å². The summed E-state index contributed by atoms with van der Waals surface area (Å²) in [5.41, 5.74) is 4.06. The van der Waals surface area contributed by atoms with Crippen molar-refractivity contribution in [2.24, 2.45) is 11.8 Å². The fraction of sp³-hybridized carbons (Fsp3) is 0.429. The van der Waals surface area contributed by atoms with Crippen LogP contribution in [0.1, 0.15) is 55.1 Å². The molecule has 3 aromatic rings. The summed E-state index contributed by atoms with van der Waals surface area (Å²) in [6, 6.07) is 6.61. The molecular formula is C21H18FIrN2-. The Morgan fingerprint density at radius 1 is 0.960 bits per heavy atom. The Balaban J connectivity index is 0.00000140. The predicted molar refractivity (Wildman–Crippen MR) is 91.4 cm³/mol. The molecule has 2 unspecified atom stereocenters. The van der Waals surface area contributed by atoms with Gasteiger partial charge in [0.1, 0.15) is 5.82 Å². The Hall–Kier alpha value is -1.38. The maximum absolute atomic E-state index is 14.7. The number of hydrogen-bond acceptors (Lipinski definition) is 2. The topological polar surface area (TPSA) is 25.8 Å². The first-order valence-electron chi connectivity index (χ1n) is 9.05. The molecule has 0 saturated heterocycles. The molecule has 4 aliphatic rings. The van der Waals surface area contributed by atoms with Crippen molar-refractivity contribution in [1.29, 1.82) is 0 Å². The van der Waals surface area contributed by atoms with Gasteiger partial charge >= 0.3 is 0 Å². The van der Waals surface area contributed by atoms with Gasteiger partial charge in [-0.3, -0.25) is 0 Å². The fourth-order valence-electron chi connectivity index (χ4n) is 5.94. The third kappa shape index (κ3) is 2.17. The van der Waals surface area contributed by atoms with E-state index >= 15 is 0 Å². The van der Waals surface area contributed by atoms with Crippen LogP contribution in [0, 0.1) is 23.7 Å². The average molecular weight is 510 g/mol. The second-order valence-electron chi connectivity index (χ2n) is 8.00. The summed E-state index contributed by atoms with van der Waals surface area (Å²) in [7, 11) is 0. The van der Waals surface area contributed by atoms with E-state index in [0.717, 1.165) is 28.1 Å². The van der Waals surface area contributed by atoms with E-state index in [9.17, 15) is 4.39 Å². The van der Waals surface area contributed by atoms with E-state index in [1.807, 2.05) is 0 Å². The summed E-state index contributed by atoms with van der Waals surface area (Å²) >= 11 is 0. The van der Waals surface area contributed by atoms with E-state index in [1.165, 1.54) is 43.2 Å². The Bertz CT molecular complexity index is 988. The molecule has 0 aliphatic heterocycles. The predicted octanol–water partition coefficient (Wildman–Crippen LogP) is 5.11. The van der Waals surface area contributed by atoms with Crippen LogP contribution in [0.3, 0.4) is 0 Å². The molecule has 0 amide bonds. The molecule has 2 saturated carbocycles. The normalized spacial score (nSPS) is 29.5. The van der Waals surface area contributed by atoms with Crippen LogP contribution >= 0.6 is 0 Å². The second kappa shape index (κ2) is 5.56. The quantitative estimate of drug-likeness (QED) is 0.311. The van der Waals surface area contributed by atoms with Crippen LogP contribution in [0.25, 0.3) is 21.8 Å². The third-order valence-electron chi connectivity index (χ3n) is 6.65. The first kappa shape index (κ1) is 15.8. The molecule has 1 aromatic carbocycles. The van der Waals surface area contributed by atoms with Gasteiger partial charge < -0.3 is 9.97 Å². The first-order valence-corrected chi connectivity index (χ1v) is 9.05. The van der Waals surface area contributed by atoms with Crippen molar-refractivity contribution in [2.45, 2.75) is 43.9 Å². The average Bonchev–Trinajstić information content (AvgIpc) is 2.76. The van der Waals surface area contributed by atoms with Crippen LogP contribution in [0.2, 0.25) is 0 Å². The minimum absolute atomic E-state index is 0. The smallest absolute Gasteiger partial charge is 0.106 e. The number of aromatic nitrogens is 2. The zero-order valence-corrected chi connectivity index (χ0v) is 16.2. The van der Waals surface area contributed by atoms with Gasteiger partial charge in [0, 0.05) is 31.8 Å². The molecule has 1 radical (unpaired) electrons. The molecule has 4 heteroatoms. The van der Waals surface area contributed by atoms with Crippen molar-refractivity contribution >= 4 is 21.8 Å². The Labute approximate surface area is 159 Å². The minimum atomic E-state index is -0.242. The van der Waals surface area contributed by atoms with Gasteiger partial charge in [-0.25, -0.2) is 4.39 Å². The van der Waals surface area contributed by atoms with Gasteiger partial charge in [-0.15, -0.1) is 12.1 Å². The molecule has 2 nitrogen and oxygen atoms in total. The van der Waals surface area contributed by atoms with E-state index in [-0.39, 0.29) is 25.9 Å². The van der Waals surface area contributed by atoms with Gasteiger partial charge in [-0.1, -0.05) is 11.6 Å². The van der Waals surface area contributed by atoms with Gasteiger partial charge in [0.2, 0.25) is 0 Å². The van der Waals surface area contributed by atoms with Gasteiger partial charge in [0.25, 0.3) is 0 Å². The van der Waals surface area contributed by atoms with Crippen molar-refractivity contribution in [2.75, 3.05) is 0 Å². The van der Waals surface area contributed by atoms with Crippen LogP contribution in [0.5, 0.6) is 0 Å². The van der Waals surface area contributed by atoms with Crippen molar-refractivity contribution in [3.63, 3.8) is 0 Å². The monoisotopic (exact) mass is 510 g/mol. The van der Waals surface area contributed by atoms with Crippen LogP contribution in [0.15, 0.2) is 24.5 Å². The number of hydrogen-bond donors (Lipinski definition) is 0. The van der Waals surface area contributed by atoms with Crippen molar-refractivity contribution in [3.05, 3.63) is 47.5 Å². The number of nitrogens with zero attached hydrogens (tertiary/aromatic N) is 2. The summed E-state index contributed by atoms with van der Waals surface area (Å²) in [6.45, 7) is 0.